The summed E-state index contributed by atoms with van der Waals surface area (Å²) in [6.07, 6.45) is 0.152. The number of hydrogen-bond donors (Lipinski definition) is 2. The van der Waals surface area contributed by atoms with Crippen LogP contribution >= 0.6 is 0 Å². The maximum absolute atomic E-state index is 12.0. The number of nitrogens with one attached hydrogen (secondary N) is 1. The van der Waals surface area contributed by atoms with E-state index < -0.39 is 22.0 Å². The number of hydrogen-bond acceptors (Lipinski definition) is 5. The molecule has 0 saturated heterocycles. The van der Waals surface area contributed by atoms with Crippen LogP contribution in [-0.4, -0.2) is 32.3 Å². The van der Waals surface area contributed by atoms with Crippen molar-refractivity contribution >= 4 is 16.0 Å². The molecule has 0 spiro atoms. The first-order valence-corrected chi connectivity index (χ1v) is 7.07. The topological polar surface area (TPSA) is 102 Å². The summed E-state index contributed by atoms with van der Waals surface area (Å²) in [5, 5.41) is 8.87. The van der Waals surface area contributed by atoms with Crippen molar-refractivity contribution in [3.05, 3.63) is 18.2 Å². The molecule has 1 heterocycles. The summed E-state index contributed by atoms with van der Waals surface area (Å²) in [6, 6.07) is 2.96. The third-order valence-corrected chi connectivity index (χ3v) is 4.13. The van der Waals surface area contributed by atoms with Gasteiger partial charge in [0.1, 0.15) is 6.04 Å². The Morgan fingerprint density at radius 1 is 1.42 bits per heavy atom. The molecule has 0 aliphatic carbocycles. The lowest BCUT2D eigenvalue weighted by Gasteiger charge is -2.12. The van der Waals surface area contributed by atoms with Crippen molar-refractivity contribution in [2.75, 3.05) is 6.79 Å². The minimum absolute atomic E-state index is 0.0406. The highest BCUT2D eigenvalue weighted by Crippen LogP contribution is 2.33. The molecule has 1 unspecified atom stereocenters. The van der Waals surface area contributed by atoms with Crippen LogP contribution in [0.25, 0.3) is 0 Å². The van der Waals surface area contributed by atoms with E-state index in [2.05, 4.69) is 4.72 Å². The molecule has 104 valence electrons. The SMILES string of the molecule is CCC(NS(=O)(=O)c1ccc2c(c1)OCO2)C(=O)O. The van der Waals surface area contributed by atoms with Gasteiger partial charge in [0.05, 0.1) is 4.90 Å². The second-order valence-corrected chi connectivity index (χ2v) is 5.65. The fraction of sp³-hybridized carbons (Fsp3) is 0.364. The molecule has 2 N–H and O–H groups in total. The van der Waals surface area contributed by atoms with Gasteiger partial charge in [-0.1, -0.05) is 6.92 Å². The van der Waals surface area contributed by atoms with Crippen LogP contribution < -0.4 is 14.2 Å². The second-order valence-electron chi connectivity index (χ2n) is 3.94. The molecule has 19 heavy (non-hydrogen) atoms. The first kappa shape index (κ1) is 13.6. The average Bonchev–Trinajstić information content (AvgIpc) is 2.82. The lowest BCUT2D eigenvalue weighted by molar-refractivity contribution is -0.139. The van der Waals surface area contributed by atoms with Gasteiger partial charge in [0, 0.05) is 6.07 Å². The summed E-state index contributed by atoms with van der Waals surface area (Å²) in [4.78, 5) is 10.8. The summed E-state index contributed by atoms with van der Waals surface area (Å²) in [5.41, 5.74) is 0. The summed E-state index contributed by atoms with van der Waals surface area (Å²) in [7, 11) is -3.90. The van der Waals surface area contributed by atoms with E-state index in [0.29, 0.717) is 11.5 Å². The Morgan fingerprint density at radius 2 is 2.11 bits per heavy atom. The number of rotatable bonds is 5. The molecule has 8 heteroatoms. The monoisotopic (exact) mass is 287 g/mol. The van der Waals surface area contributed by atoms with Gasteiger partial charge in [-0.2, -0.15) is 4.72 Å². The number of fused-ring (bicyclic) bond motifs is 1. The van der Waals surface area contributed by atoms with Crippen LogP contribution in [0.4, 0.5) is 0 Å². The molecule has 0 amide bonds. The van der Waals surface area contributed by atoms with E-state index in [-0.39, 0.29) is 18.1 Å². The van der Waals surface area contributed by atoms with Gasteiger partial charge in [0.2, 0.25) is 16.8 Å². The van der Waals surface area contributed by atoms with Crippen molar-refractivity contribution in [3.8, 4) is 11.5 Å². The molecule has 1 aliphatic heterocycles. The maximum atomic E-state index is 12.0. The van der Waals surface area contributed by atoms with Crippen LogP contribution in [-0.2, 0) is 14.8 Å². The Labute approximate surface area is 110 Å². The zero-order chi connectivity index (χ0) is 14.0. The minimum atomic E-state index is -3.90. The molecule has 0 saturated carbocycles. The third kappa shape index (κ3) is 2.79. The van der Waals surface area contributed by atoms with Gasteiger partial charge in [-0.05, 0) is 18.6 Å². The Balaban J connectivity index is 2.27. The first-order chi connectivity index (χ1) is 8.94. The molecule has 2 rings (SSSR count). The van der Waals surface area contributed by atoms with Crippen molar-refractivity contribution in [2.24, 2.45) is 0 Å². The molecule has 7 nitrogen and oxygen atoms in total. The van der Waals surface area contributed by atoms with Crippen molar-refractivity contribution in [3.63, 3.8) is 0 Å². The average molecular weight is 287 g/mol. The lowest BCUT2D eigenvalue weighted by Crippen LogP contribution is -2.40. The number of benzene rings is 1. The highest BCUT2D eigenvalue weighted by molar-refractivity contribution is 7.89. The largest absolute Gasteiger partial charge is 0.480 e. The predicted molar refractivity (Wildman–Crippen MR) is 64.6 cm³/mol. The molecule has 1 atom stereocenters. The van der Waals surface area contributed by atoms with Gasteiger partial charge in [-0.25, -0.2) is 8.42 Å². The minimum Gasteiger partial charge on any atom is -0.480 e. The van der Waals surface area contributed by atoms with Gasteiger partial charge >= 0.3 is 5.97 Å². The molecule has 0 fully saturated rings. The van der Waals surface area contributed by atoms with Crippen LogP contribution in [0.15, 0.2) is 23.1 Å². The van der Waals surface area contributed by atoms with E-state index >= 15 is 0 Å². The Kier molecular flexibility index (Phi) is 3.63. The standard InChI is InChI=1S/C11H13NO6S/c1-2-8(11(13)14)12-19(15,16)7-3-4-9-10(5-7)18-6-17-9/h3-5,8,12H,2,6H2,1H3,(H,13,14). The smallest absolute Gasteiger partial charge is 0.321 e. The fourth-order valence-corrected chi connectivity index (χ4v) is 2.90. The molecule has 0 aromatic heterocycles. The maximum Gasteiger partial charge on any atom is 0.321 e. The number of carboxylic acids is 1. The Morgan fingerprint density at radius 3 is 2.74 bits per heavy atom. The van der Waals surface area contributed by atoms with E-state index in [1.54, 1.807) is 6.92 Å². The summed E-state index contributed by atoms with van der Waals surface area (Å²) in [6.45, 7) is 1.62. The molecule has 0 bridgehead atoms. The van der Waals surface area contributed by atoms with Gasteiger partial charge in [0.15, 0.2) is 11.5 Å². The van der Waals surface area contributed by atoms with Crippen LogP contribution in [0, 0.1) is 0 Å². The van der Waals surface area contributed by atoms with Crippen molar-refractivity contribution in [1.29, 1.82) is 0 Å². The summed E-state index contributed by atoms with van der Waals surface area (Å²) < 4.78 is 36.4. The molecular formula is C11H13NO6S. The van der Waals surface area contributed by atoms with Gasteiger partial charge < -0.3 is 14.6 Å². The highest BCUT2D eigenvalue weighted by Gasteiger charge is 2.25. The van der Waals surface area contributed by atoms with E-state index in [1.807, 2.05) is 0 Å². The number of carboxylic acid groups (broad SMARTS) is 1. The Bertz CT molecular complexity index is 597. The summed E-state index contributed by atoms with van der Waals surface area (Å²) in [5.74, 6) is -0.428. The lowest BCUT2D eigenvalue weighted by atomic mass is 10.2. The Hall–Kier alpha value is -1.80. The number of aliphatic carboxylic acids is 1. The number of ether oxygens (including phenoxy) is 2. The zero-order valence-corrected chi connectivity index (χ0v) is 10.9. The highest BCUT2D eigenvalue weighted by atomic mass is 32.2. The van der Waals surface area contributed by atoms with E-state index in [1.165, 1.54) is 18.2 Å². The van der Waals surface area contributed by atoms with Gasteiger partial charge in [-0.15, -0.1) is 0 Å². The van der Waals surface area contributed by atoms with Crippen molar-refractivity contribution < 1.29 is 27.8 Å². The second kappa shape index (κ2) is 5.06. The third-order valence-electron chi connectivity index (χ3n) is 2.66. The fourth-order valence-electron chi connectivity index (χ4n) is 1.61. The molecule has 1 aliphatic rings. The van der Waals surface area contributed by atoms with Gasteiger partial charge in [-0.3, -0.25) is 4.79 Å². The molecular weight excluding hydrogens is 274 g/mol. The van der Waals surface area contributed by atoms with Crippen molar-refractivity contribution in [2.45, 2.75) is 24.3 Å². The first-order valence-electron chi connectivity index (χ1n) is 5.59. The predicted octanol–water partition coefficient (Wildman–Crippen LogP) is 0.557. The van der Waals surface area contributed by atoms with Crippen molar-refractivity contribution in [1.82, 2.24) is 4.72 Å². The summed E-state index contributed by atoms with van der Waals surface area (Å²) >= 11 is 0. The van der Waals surface area contributed by atoms with Crippen LogP contribution in [0.1, 0.15) is 13.3 Å². The number of sulfonamides is 1. The van der Waals surface area contributed by atoms with E-state index in [0.717, 1.165) is 0 Å². The van der Waals surface area contributed by atoms with E-state index in [4.69, 9.17) is 14.6 Å². The molecule has 1 aromatic carbocycles. The molecule has 0 radical (unpaired) electrons. The van der Waals surface area contributed by atoms with Crippen LogP contribution in [0.3, 0.4) is 0 Å². The zero-order valence-electron chi connectivity index (χ0n) is 10.1. The van der Waals surface area contributed by atoms with Crippen LogP contribution in [0.5, 0.6) is 11.5 Å². The van der Waals surface area contributed by atoms with Gasteiger partial charge in [0.25, 0.3) is 0 Å². The normalized spacial score (nSPS) is 15.2. The quantitative estimate of drug-likeness (QED) is 0.820. The van der Waals surface area contributed by atoms with E-state index in [9.17, 15) is 13.2 Å². The van der Waals surface area contributed by atoms with Crippen LogP contribution in [0.2, 0.25) is 0 Å². The molecule has 1 aromatic rings. The number of carbonyl (C=O) groups is 1.